The van der Waals surface area contributed by atoms with Crippen molar-refractivity contribution >= 4 is 21.3 Å². The molecule has 0 saturated heterocycles. The van der Waals surface area contributed by atoms with Crippen molar-refractivity contribution in [1.29, 1.82) is 0 Å². The lowest BCUT2D eigenvalue weighted by Gasteiger charge is -2.22. The summed E-state index contributed by atoms with van der Waals surface area (Å²) in [6, 6.07) is 6.68. The number of halogens is 3. The van der Waals surface area contributed by atoms with Gasteiger partial charge in [0.05, 0.1) is 27.6 Å². The Labute approximate surface area is 196 Å². The molecule has 0 saturated carbocycles. The number of hydrogen-bond acceptors (Lipinski definition) is 8. The topological polar surface area (TPSA) is 130 Å². The van der Waals surface area contributed by atoms with E-state index in [4.69, 9.17) is 4.18 Å². The molecule has 10 nitrogen and oxygen atoms in total. The summed E-state index contributed by atoms with van der Waals surface area (Å²) in [7, 11) is -4.37. The second-order valence-corrected chi connectivity index (χ2v) is 9.13. The molecule has 182 valence electrons. The lowest BCUT2D eigenvalue weighted by atomic mass is 9.91. The van der Waals surface area contributed by atoms with Gasteiger partial charge in [0.15, 0.2) is 11.6 Å². The summed E-state index contributed by atoms with van der Waals surface area (Å²) < 4.78 is 74.2. The van der Waals surface area contributed by atoms with E-state index in [0.717, 1.165) is 24.3 Å². The Kier molecular flexibility index (Phi) is 6.49. The van der Waals surface area contributed by atoms with Crippen molar-refractivity contribution in [2.24, 2.45) is 0 Å². The highest BCUT2D eigenvalue weighted by Gasteiger charge is 2.29. The molecule has 2 aromatic carbocycles. The molecule has 14 heteroatoms. The van der Waals surface area contributed by atoms with E-state index in [1.54, 1.807) is 6.07 Å². The Balaban J connectivity index is 1.69. The molecule has 0 aliphatic carbocycles. The van der Waals surface area contributed by atoms with E-state index < -0.39 is 44.5 Å². The third-order valence-corrected chi connectivity index (χ3v) is 6.60. The molecule has 0 aliphatic heterocycles. The van der Waals surface area contributed by atoms with Gasteiger partial charge in [-0.25, -0.2) is 18.2 Å². The first-order valence-corrected chi connectivity index (χ1v) is 11.4. The summed E-state index contributed by atoms with van der Waals surface area (Å²) in [4.78, 5) is 14.0. The van der Waals surface area contributed by atoms with Gasteiger partial charge in [0.2, 0.25) is 0 Å². The maximum absolute atomic E-state index is 14.8. The molecule has 0 fully saturated rings. The minimum Gasteiger partial charge on any atom is -0.263 e. The number of hydrogen-bond donors (Lipinski definition) is 0. The van der Waals surface area contributed by atoms with E-state index in [1.165, 1.54) is 23.8 Å². The van der Waals surface area contributed by atoms with Gasteiger partial charge in [-0.2, -0.15) is 12.9 Å². The van der Waals surface area contributed by atoms with Gasteiger partial charge in [0.1, 0.15) is 11.6 Å². The van der Waals surface area contributed by atoms with Crippen molar-refractivity contribution in [3.05, 3.63) is 93.8 Å². The van der Waals surface area contributed by atoms with Gasteiger partial charge >= 0.3 is 0 Å². The molecule has 2 heterocycles. The van der Waals surface area contributed by atoms with Gasteiger partial charge < -0.3 is 0 Å². The zero-order valence-corrected chi connectivity index (χ0v) is 18.7. The van der Waals surface area contributed by atoms with E-state index in [0.29, 0.717) is 17.6 Å². The molecule has 35 heavy (non-hydrogen) atoms. The van der Waals surface area contributed by atoms with Crippen LogP contribution in [0.5, 0.6) is 0 Å². The maximum Gasteiger partial charge on any atom is 0.297 e. The Morgan fingerprint density at radius 2 is 1.77 bits per heavy atom. The van der Waals surface area contributed by atoms with Crippen LogP contribution in [0.1, 0.15) is 30.7 Å². The van der Waals surface area contributed by atoms with Crippen LogP contribution in [0.25, 0.3) is 5.52 Å². The number of fused-ring (bicyclic) bond motifs is 1. The molecule has 2 aromatic heterocycles. The van der Waals surface area contributed by atoms with Crippen molar-refractivity contribution < 1.29 is 30.7 Å². The first-order chi connectivity index (χ1) is 16.6. The predicted octanol–water partition coefficient (Wildman–Crippen LogP) is 3.77. The molecular formula is C21H16F3N5O5S. The number of non-ortho nitro benzene ring substituents is 1. The third-order valence-electron chi connectivity index (χ3n) is 5.17. The Morgan fingerprint density at radius 3 is 2.46 bits per heavy atom. The summed E-state index contributed by atoms with van der Waals surface area (Å²) in [5.41, 5.74) is -0.115. The highest BCUT2D eigenvalue weighted by Crippen LogP contribution is 2.33. The number of nitrogens with zero attached hydrogens (tertiary/aromatic N) is 5. The molecule has 0 radical (unpaired) electrons. The second kappa shape index (κ2) is 9.38. The van der Waals surface area contributed by atoms with Crippen LogP contribution < -0.4 is 0 Å². The molecule has 0 bridgehead atoms. The lowest BCUT2D eigenvalue weighted by molar-refractivity contribution is -0.384. The number of nitro benzene ring substituents is 1. The van der Waals surface area contributed by atoms with Crippen LogP contribution in [0.2, 0.25) is 0 Å². The quantitative estimate of drug-likeness (QED) is 0.153. The van der Waals surface area contributed by atoms with E-state index in [-0.39, 0.29) is 28.4 Å². The fourth-order valence-corrected chi connectivity index (χ4v) is 4.66. The van der Waals surface area contributed by atoms with Gasteiger partial charge in [-0.3, -0.25) is 14.3 Å². The minimum atomic E-state index is -4.37. The molecular weight excluding hydrogens is 491 g/mol. The highest BCUT2D eigenvalue weighted by molar-refractivity contribution is 7.86. The zero-order valence-electron chi connectivity index (χ0n) is 17.9. The fraction of sp³-hybridized carbons (Fsp3) is 0.190. The van der Waals surface area contributed by atoms with Crippen molar-refractivity contribution in [2.45, 2.75) is 30.3 Å². The zero-order chi connectivity index (χ0) is 25.3. The Morgan fingerprint density at radius 1 is 1.09 bits per heavy atom. The van der Waals surface area contributed by atoms with E-state index in [1.807, 2.05) is 0 Å². The summed E-state index contributed by atoms with van der Waals surface area (Å²) in [5, 5.41) is 18.4. The number of rotatable bonds is 8. The maximum atomic E-state index is 14.8. The summed E-state index contributed by atoms with van der Waals surface area (Å²) in [6.45, 7) is 1.38. The summed E-state index contributed by atoms with van der Waals surface area (Å²) in [5.74, 6) is -4.78. The molecule has 0 aliphatic rings. The highest BCUT2D eigenvalue weighted by atomic mass is 32.2. The number of aromatic nitrogens is 4. The van der Waals surface area contributed by atoms with Crippen LogP contribution in [-0.2, 0) is 14.3 Å². The first-order valence-electron chi connectivity index (χ1n) is 10.0. The Hall–Kier alpha value is -3.91. The number of benzene rings is 2. The van der Waals surface area contributed by atoms with Crippen LogP contribution in [-0.4, -0.2) is 39.3 Å². The van der Waals surface area contributed by atoms with Crippen molar-refractivity contribution in [3.8, 4) is 0 Å². The van der Waals surface area contributed by atoms with Crippen molar-refractivity contribution in [2.75, 3.05) is 0 Å². The van der Waals surface area contributed by atoms with Gasteiger partial charge in [-0.1, -0.05) is 5.21 Å². The Bertz CT molecular complexity index is 1510. The molecule has 4 rings (SSSR count). The van der Waals surface area contributed by atoms with Crippen molar-refractivity contribution in [3.63, 3.8) is 0 Å². The monoisotopic (exact) mass is 507 g/mol. The van der Waals surface area contributed by atoms with Gasteiger partial charge in [-0.15, -0.1) is 5.10 Å². The third kappa shape index (κ3) is 4.97. The van der Waals surface area contributed by atoms with Crippen LogP contribution >= 0.6 is 0 Å². The van der Waals surface area contributed by atoms with E-state index >= 15 is 0 Å². The summed E-state index contributed by atoms with van der Waals surface area (Å²) in [6.07, 6.45) is 1.44. The average Bonchev–Trinajstić information content (AvgIpc) is 3.29. The SMILES string of the molecule is CC(CC(c1cc(F)c(F)cc1F)c1nccc2cnnn12)OS(=O)(=O)c1ccc([N+](=O)[O-])cc1. The predicted molar refractivity (Wildman–Crippen MR) is 114 cm³/mol. The molecule has 0 spiro atoms. The van der Waals surface area contributed by atoms with Gasteiger partial charge in [0, 0.05) is 35.9 Å². The van der Waals surface area contributed by atoms with E-state index in [9.17, 15) is 31.7 Å². The smallest absolute Gasteiger partial charge is 0.263 e. The summed E-state index contributed by atoms with van der Waals surface area (Å²) >= 11 is 0. The fourth-order valence-electron chi connectivity index (χ4n) is 3.57. The van der Waals surface area contributed by atoms with Gasteiger partial charge in [-0.05, 0) is 37.6 Å². The lowest BCUT2D eigenvalue weighted by Crippen LogP contribution is -2.22. The van der Waals surface area contributed by atoms with E-state index in [2.05, 4.69) is 15.3 Å². The van der Waals surface area contributed by atoms with Gasteiger partial charge in [0.25, 0.3) is 15.8 Å². The number of nitro groups is 1. The van der Waals surface area contributed by atoms with Crippen LogP contribution in [0.3, 0.4) is 0 Å². The molecule has 0 N–H and O–H groups in total. The molecule has 2 unspecified atom stereocenters. The normalized spacial score (nSPS) is 13.6. The standard InChI is InChI=1S/C21H16F3N5O5S/c1-12(34-35(32,33)15-4-2-13(3-5-15)29(30)31)8-17(16-9-19(23)20(24)10-18(16)22)21-25-7-6-14-11-26-27-28(14)21/h2-7,9-12,17H,8H2,1H3. The molecule has 4 aromatic rings. The minimum absolute atomic E-state index is 0.0908. The second-order valence-electron chi connectivity index (χ2n) is 7.56. The van der Waals surface area contributed by atoms with Crippen molar-refractivity contribution in [1.82, 2.24) is 19.8 Å². The molecule has 2 atom stereocenters. The van der Waals surface area contributed by atoms with Crippen LogP contribution in [0.4, 0.5) is 18.9 Å². The average molecular weight is 507 g/mol. The van der Waals surface area contributed by atoms with Crippen LogP contribution in [0.15, 0.2) is 59.8 Å². The first kappa shape index (κ1) is 24.2. The van der Waals surface area contributed by atoms with Crippen LogP contribution in [0, 0.1) is 27.6 Å². The largest absolute Gasteiger partial charge is 0.297 e. The molecule has 0 amide bonds.